The Morgan fingerprint density at radius 2 is 0.560 bits per heavy atom. The fourth-order valence-corrected chi connectivity index (χ4v) is 6.25. The van der Waals surface area contributed by atoms with E-state index >= 15 is 0 Å². The molecule has 0 atom stereocenters. The number of amides is 7. The van der Waals surface area contributed by atoms with Crippen LogP contribution >= 0.6 is 0 Å². The molecule has 0 heterocycles. The fourth-order valence-electron chi connectivity index (χ4n) is 6.25. The molecule has 7 N–H and O–H groups in total. The Morgan fingerprint density at radius 3 is 0.813 bits per heavy atom. The maximum Gasteiger partial charge on any atom is 0.222 e. The van der Waals surface area contributed by atoms with Crippen molar-refractivity contribution in [1.29, 1.82) is 0 Å². The van der Waals surface area contributed by atoms with Crippen molar-refractivity contribution in [2.24, 2.45) is 10.8 Å². The molecule has 75 heavy (non-hydrogen) atoms. The number of carbonyl (C=O) groups is 8. The van der Waals surface area contributed by atoms with Gasteiger partial charge < -0.3 is 85.5 Å². The van der Waals surface area contributed by atoms with Gasteiger partial charge in [-0.05, 0) is 57.8 Å². The number of rotatable bonds is 49. The van der Waals surface area contributed by atoms with E-state index in [1.54, 1.807) is 42.2 Å². The van der Waals surface area contributed by atoms with Crippen molar-refractivity contribution in [3.05, 3.63) is 11.5 Å². The first-order valence-corrected chi connectivity index (χ1v) is 25.2. The van der Waals surface area contributed by atoms with Crippen molar-refractivity contribution < 1.29 is 118 Å². The van der Waals surface area contributed by atoms with Crippen molar-refractivity contribution >= 4 is 47.1 Å². The number of carbonyl (C=O) groups excluding carboxylic acids is 8. The number of Topliss-reactive ketones (excluding diaryl/α,β-unsaturated/α-hetero) is 1. The largest absolute Gasteiger partial charge is 0.668 e. The van der Waals surface area contributed by atoms with Crippen molar-refractivity contribution in [2.75, 3.05) is 141 Å². The molecular formula is C50H95N7O16W2-2. The van der Waals surface area contributed by atoms with Crippen LogP contribution in [0.1, 0.15) is 124 Å². The summed E-state index contributed by atoms with van der Waals surface area (Å²) in [5.41, 5.74) is 12.7. The Labute approximate surface area is 476 Å². The van der Waals surface area contributed by atoms with E-state index < -0.39 is 22.6 Å². The molecule has 25 heteroatoms. The third-order valence-corrected chi connectivity index (χ3v) is 10.8. The van der Waals surface area contributed by atoms with Crippen LogP contribution in [-0.4, -0.2) is 188 Å². The van der Waals surface area contributed by atoms with Gasteiger partial charge in [-0.1, -0.05) is 14.4 Å². The monoisotopic (exact) mass is 1420 g/mol. The molecule has 0 radical (unpaired) electrons. The van der Waals surface area contributed by atoms with Gasteiger partial charge in [0, 0.05) is 161 Å². The van der Waals surface area contributed by atoms with Gasteiger partial charge in [0.25, 0.3) is 0 Å². The molecule has 0 unspecified atom stereocenters. The van der Waals surface area contributed by atoms with E-state index in [0.717, 1.165) is 38.5 Å². The molecule has 0 aromatic carbocycles. The summed E-state index contributed by atoms with van der Waals surface area (Å²) in [4.78, 5) is 90.5. The molecule has 0 spiro atoms. The van der Waals surface area contributed by atoms with E-state index in [0.29, 0.717) is 91.4 Å². The number of nitrogens with one attached hydrogen (secondary N) is 7. The normalized spacial score (nSPS) is 10.8. The second-order valence-corrected chi connectivity index (χ2v) is 17.4. The van der Waals surface area contributed by atoms with E-state index in [1.807, 2.05) is 0 Å². The first-order valence-electron chi connectivity index (χ1n) is 25.2. The number of unbranched alkanes of at least 4 members (excludes halogenated alkanes) is 4. The molecule has 440 valence electrons. The van der Waals surface area contributed by atoms with E-state index in [1.165, 1.54) is 0 Å². The maximum atomic E-state index is 11.5. The first kappa shape index (κ1) is 80.9. The van der Waals surface area contributed by atoms with E-state index in [-0.39, 0.29) is 170 Å². The van der Waals surface area contributed by atoms with Gasteiger partial charge in [0.1, 0.15) is 5.78 Å². The van der Waals surface area contributed by atoms with Crippen molar-refractivity contribution in [1.82, 2.24) is 26.6 Å². The summed E-state index contributed by atoms with van der Waals surface area (Å²) >= 11 is 0. The Hall–Kier alpha value is -2.98. The number of hydrogen-bond donors (Lipinski definition) is 5. The molecule has 0 saturated carbocycles. The molecule has 7 amide bonds. The van der Waals surface area contributed by atoms with Crippen LogP contribution in [-0.2, 0) is 118 Å². The Balaban J connectivity index is -0.000000428. The SMILES string of the molecule is C.CCC(=O)CCOCC(COCCC([NH-])=O)(COCCC(=O)NC)COCCC(=O)NC.CNC(=O)CCCCOCC(COCCCCC([NH-])=O)(COCCCCC(=O)NC)COCCCCC(=O)NC.[W].[W]. The van der Waals surface area contributed by atoms with Crippen LogP contribution < -0.4 is 26.6 Å². The van der Waals surface area contributed by atoms with Gasteiger partial charge in [0.2, 0.25) is 29.5 Å². The summed E-state index contributed by atoms with van der Waals surface area (Å²) in [5, 5.41) is 12.9. The standard InChI is InChI=1S/C28H54N4O8.C21H39N3O8.CH4.2W/c1-30-25(34)13-5-9-17-38-21-28(20-37-16-8-4-12-24(29)33,22-39-18-10-6-14-26(35)31-2)23-40-19-11-7-15-27(36)32-3;1-4-17(25)5-9-29-13-21(14-30-10-6-18(22)26,15-31-11-7-19(27)23-2)16-32-12-8-20(28)24-3;;;/h4-23H2,1-3H3,(H5,29,30,31,32,33,34,35,36);4-16H2,1-3H3,(H4,22,23,24,26,27,28);1H4;;/p-2. The van der Waals surface area contributed by atoms with Gasteiger partial charge in [-0.15, -0.1) is 0 Å². The predicted octanol–water partition coefficient (Wildman–Crippen LogP) is 3.82. The van der Waals surface area contributed by atoms with Crippen molar-refractivity contribution in [2.45, 2.75) is 124 Å². The summed E-state index contributed by atoms with van der Waals surface area (Å²) in [6.07, 6.45) is 8.28. The molecule has 0 rings (SSSR count). The topological polar surface area (TPSA) is 318 Å². The third kappa shape index (κ3) is 51.5. The van der Waals surface area contributed by atoms with Crippen molar-refractivity contribution in [3.63, 3.8) is 0 Å². The van der Waals surface area contributed by atoms with Gasteiger partial charge >= 0.3 is 0 Å². The summed E-state index contributed by atoms with van der Waals surface area (Å²) in [7, 11) is 7.94. The molecule has 23 nitrogen and oxygen atoms in total. The minimum absolute atomic E-state index is 0. The molecule has 0 aromatic rings. The second-order valence-electron chi connectivity index (χ2n) is 17.4. The summed E-state index contributed by atoms with van der Waals surface area (Å²) < 4.78 is 46.8. The smallest absolute Gasteiger partial charge is 0.222 e. The minimum Gasteiger partial charge on any atom is -0.668 e. The zero-order chi connectivity index (χ0) is 54.1. The van der Waals surface area contributed by atoms with Crippen LogP contribution in [0.4, 0.5) is 0 Å². The van der Waals surface area contributed by atoms with Gasteiger partial charge in [-0.25, -0.2) is 0 Å². The molecule has 0 bridgehead atoms. The van der Waals surface area contributed by atoms with E-state index in [2.05, 4.69) is 26.6 Å². The van der Waals surface area contributed by atoms with Crippen LogP contribution in [0, 0.1) is 10.8 Å². The van der Waals surface area contributed by atoms with Gasteiger partial charge in [0.05, 0.1) is 96.0 Å². The molecule has 0 aliphatic heterocycles. The van der Waals surface area contributed by atoms with Crippen LogP contribution in [0.5, 0.6) is 0 Å². The van der Waals surface area contributed by atoms with E-state index in [4.69, 9.17) is 49.4 Å². The molecule has 0 aliphatic carbocycles. The zero-order valence-corrected chi connectivity index (χ0v) is 51.0. The van der Waals surface area contributed by atoms with Crippen LogP contribution in [0.3, 0.4) is 0 Å². The zero-order valence-electron chi connectivity index (χ0n) is 45.2. The third-order valence-electron chi connectivity index (χ3n) is 10.8. The fraction of sp³-hybridized carbons (Fsp3) is 0.840. The Morgan fingerprint density at radius 1 is 0.333 bits per heavy atom. The summed E-state index contributed by atoms with van der Waals surface area (Å²) in [5.74, 6) is -1.51. The van der Waals surface area contributed by atoms with Gasteiger partial charge in [0.15, 0.2) is 0 Å². The quantitative estimate of drug-likeness (QED) is 0.0541. The Bertz CT molecular complexity index is 1360. The number of hydrogen-bond acceptors (Lipinski definition) is 16. The van der Waals surface area contributed by atoms with Crippen LogP contribution in [0.2, 0.25) is 0 Å². The molecule has 0 aliphatic rings. The minimum atomic E-state index is -0.786. The van der Waals surface area contributed by atoms with Gasteiger partial charge in [-0.2, -0.15) is 0 Å². The van der Waals surface area contributed by atoms with Crippen LogP contribution in [0.15, 0.2) is 0 Å². The van der Waals surface area contributed by atoms with E-state index in [9.17, 15) is 38.4 Å². The van der Waals surface area contributed by atoms with Gasteiger partial charge in [-0.3, -0.25) is 28.8 Å². The van der Waals surface area contributed by atoms with Crippen LogP contribution in [0.25, 0.3) is 11.5 Å². The number of ketones is 1. The molecule has 0 saturated heterocycles. The summed E-state index contributed by atoms with van der Waals surface area (Å²) in [6, 6.07) is 0. The second kappa shape index (κ2) is 55.8. The average molecular weight is 1420 g/mol. The molecular weight excluding hydrogens is 1320 g/mol. The predicted molar refractivity (Wildman–Crippen MR) is 276 cm³/mol. The average Bonchev–Trinajstić information content (AvgIpc) is 3.37. The number of ether oxygens (including phenoxy) is 8. The molecule has 0 fully saturated rings. The van der Waals surface area contributed by atoms with Crippen molar-refractivity contribution in [3.8, 4) is 0 Å². The first-order chi connectivity index (χ1) is 34.6. The summed E-state index contributed by atoms with van der Waals surface area (Å²) in [6.45, 7) is 6.25. The maximum absolute atomic E-state index is 11.5. The Kier molecular flexibility index (Phi) is 60.1. The molecule has 0 aromatic heterocycles.